The Balaban J connectivity index is 1.45. The van der Waals surface area contributed by atoms with Crippen LogP contribution in [0.5, 0.6) is 0 Å². The lowest BCUT2D eigenvalue weighted by Gasteiger charge is -2.25. The Morgan fingerprint density at radius 1 is 1.18 bits per heavy atom. The summed E-state index contributed by atoms with van der Waals surface area (Å²) in [5.74, 6) is 0.247. The molecule has 0 aromatic carbocycles. The Kier molecular flexibility index (Phi) is 3.18. The number of aromatic amines is 1. The number of aromatic nitrogens is 7. The van der Waals surface area contributed by atoms with Gasteiger partial charge in [0.1, 0.15) is 5.65 Å². The minimum absolute atomic E-state index is 0.0782. The molecule has 3 N–H and O–H groups in total. The molecule has 1 saturated heterocycles. The molecule has 10 heteroatoms. The van der Waals surface area contributed by atoms with E-state index in [1.54, 1.807) is 12.4 Å². The van der Waals surface area contributed by atoms with Gasteiger partial charge >= 0.3 is 0 Å². The van der Waals surface area contributed by atoms with Gasteiger partial charge in [0, 0.05) is 37.2 Å². The summed E-state index contributed by atoms with van der Waals surface area (Å²) in [5.41, 5.74) is 10.4. The summed E-state index contributed by atoms with van der Waals surface area (Å²) in [6, 6.07) is 4.03. The van der Waals surface area contributed by atoms with E-state index in [4.69, 9.17) is 10.5 Å². The third-order valence-corrected chi connectivity index (χ3v) is 5.49. The van der Waals surface area contributed by atoms with Crippen LogP contribution in [0.3, 0.4) is 0 Å². The van der Waals surface area contributed by atoms with Crippen molar-refractivity contribution in [2.45, 2.75) is 18.8 Å². The van der Waals surface area contributed by atoms with Gasteiger partial charge in [-0.25, -0.2) is 19.6 Å². The summed E-state index contributed by atoms with van der Waals surface area (Å²) >= 11 is 0. The molecule has 2 aliphatic rings. The number of nitrogen functional groups attached to an aromatic ring is 1. The molecule has 0 bridgehead atoms. The van der Waals surface area contributed by atoms with Crippen molar-refractivity contribution >= 4 is 22.7 Å². The highest BCUT2D eigenvalue weighted by Crippen LogP contribution is 2.39. The number of nitrogens with one attached hydrogen (secondary N) is 1. The highest BCUT2D eigenvalue weighted by atomic mass is 16.5. The number of pyridine rings is 1. The Labute approximate surface area is 159 Å². The van der Waals surface area contributed by atoms with Gasteiger partial charge in [0.25, 0.3) is 0 Å². The predicted octanol–water partition coefficient (Wildman–Crippen LogP) is 1.15. The number of anilines is 2. The molecule has 0 amide bonds. The van der Waals surface area contributed by atoms with Crippen LogP contribution in [0, 0.1) is 0 Å². The van der Waals surface area contributed by atoms with E-state index < -0.39 is 0 Å². The van der Waals surface area contributed by atoms with Crippen molar-refractivity contribution < 1.29 is 4.74 Å². The Hall–Kier alpha value is -3.53. The smallest absolute Gasteiger partial charge is 0.220 e. The quantitative estimate of drug-likeness (QED) is 0.535. The molecule has 2 atom stereocenters. The van der Waals surface area contributed by atoms with Crippen molar-refractivity contribution in [3.63, 3.8) is 0 Å². The molecule has 140 valence electrons. The fraction of sp³-hybridized carbons (Fsp3) is 0.278. The fourth-order valence-electron chi connectivity index (χ4n) is 4.22. The number of rotatable bonds is 2. The summed E-state index contributed by atoms with van der Waals surface area (Å²) in [6.07, 6.45) is 7.24. The molecular formula is C18H17N9O. The fourth-order valence-corrected chi connectivity index (χ4v) is 4.22. The predicted molar refractivity (Wildman–Crippen MR) is 101 cm³/mol. The first kappa shape index (κ1) is 15.5. The summed E-state index contributed by atoms with van der Waals surface area (Å²) in [7, 11) is 0. The van der Waals surface area contributed by atoms with Gasteiger partial charge in [0.2, 0.25) is 5.95 Å². The van der Waals surface area contributed by atoms with E-state index >= 15 is 0 Å². The Bertz CT molecular complexity index is 1180. The van der Waals surface area contributed by atoms with Crippen molar-refractivity contribution in [2.75, 3.05) is 23.7 Å². The van der Waals surface area contributed by atoms with E-state index in [1.165, 1.54) is 0 Å². The molecule has 2 aliphatic heterocycles. The van der Waals surface area contributed by atoms with Crippen molar-refractivity contribution in [1.29, 1.82) is 0 Å². The van der Waals surface area contributed by atoms with Crippen molar-refractivity contribution in [3.8, 4) is 11.3 Å². The second-order valence-electron chi connectivity index (χ2n) is 7.05. The van der Waals surface area contributed by atoms with E-state index in [9.17, 15) is 0 Å². The third kappa shape index (κ3) is 2.21. The first-order valence-corrected chi connectivity index (χ1v) is 9.08. The van der Waals surface area contributed by atoms with Crippen LogP contribution in [0.15, 0.2) is 36.9 Å². The Morgan fingerprint density at radius 3 is 3.04 bits per heavy atom. The summed E-state index contributed by atoms with van der Waals surface area (Å²) in [5, 5.41) is 9.32. The number of hydrogen-bond acceptors (Lipinski definition) is 8. The van der Waals surface area contributed by atoms with Gasteiger partial charge in [-0.1, -0.05) is 5.21 Å². The topological polar surface area (TPSA) is 124 Å². The van der Waals surface area contributed by atoms with E-state index in [-0.39, 0.29) is 18.1 Å². The maximum absolute atomic E-state index is 6.06. The van der Waals surface area contributed by atoms with Crippen LogP contribution in [0.2, 0.25) is 0 Å². The molecule has 6 rings (SSSR count). The second kappa shape index (κ2) is 5.73. The largest absolute Gasteiger partial charge is 0.368 e. The Morgan fingerprint density at radius 2 is 2.11 bits per heavy atom. The van der Waals surface area contributed by atoms with Crippen LogP contribution in [-0.2, 0) is 11.3 Å². The van der Waals surface area contributed by atoms with Gasteiger partial charge in [-0.2, -0.15) is 0 Å². The molecule has 0 saturated carbocycles. The van der Waals surface area contributed by atoms with Gasteiger partial charge in [0.15, 0.2) is 0 Å². The number of nitrogens with zero attached hydrogens (tertiary/aromatic N) is 7. The van der Waals surface area contributed by atoms with Crippen molar-refractivity contribution in [2.24, 2.45) is 0 Å². The number of hydrogen-bond donors (Lipinski definition) is 2. The monoisotopic (exact) mass is 375 g/mol. The van der Waals surface area contributed by atoms with Crippen LogP contribution < -0.4 is 10.6 Å². The molecule has 10 nitrogen and oxygen atoms in total. The summed E-state index contributed by atoms with van der Waals surface area (Å²) in [6.45, 7) is 2.11. The number of H-pyrrole nitrogens is 1. The molecule has 0 spiro atoms. The average molecular weight is 375 g/mol. The van der Waals surface area contributed by atoms with Gasteiger partial charge < -0.3 is 20.4 Å². The average Bonchev–Trinajstić information content (AvgIpc) is 3.43. The first-order valence-electron chi connectivity index (χ1n) is 9.08. The van der Waals surface area contributed by atoms with Gasteiger partial charge in [-0.15, -0.1) is 5.10 Å². The lowest BCUT2D eigenvalue weighted by Crippen LogP contribution is -2.32. The van der Waals surface area contributed by atoms with Crippen molar-refractivity contribution in [3.05, 3.63) is 42.6 Å². The zero-order chi connectivity index (χ0) is 18.7. The third-order valence-electron chi connectivity index (χ3n) is 5.49. The molecule has 4 aromatic rings. The maximum atomic E-state index is 6.06. The number of fused-ring (bicyclic) bond motifs is 4. The zero-order valence-electron chi connectivity index (χ0n) is 14.9. The molecule has 4 aromatic heterocycles. The van der Waals surface area contributed by atoms with Crippen LogP contribution in [0.25, 0.3) is 22.3 Å². The SMILES string of the molecule is Nc1nccc(-c2c[nH]c3nccc(N4C[C@@H]5[C@@H](C4)OCc4cnnn45)c23)n1. The van der Waals surface area contributed by atoms with E-state index in [2.05, 4.69) is 35.1 Å². The molecule has 1 fully saturated rings. The second-order valence-corrected chi connectivity index (χ2v) is 7.05. The van der Waals surface area contributed by atoms with Crippen LogP contribution in [0.1, 0.15) is 11.7 Å². The molecule has 0 unspecified atom stereocenters. The van der Waals surface area contributed by atoms with Crippen LogP contribution in [0.4, 0.5) is 11.6 Å². The standard InChI is InChI=1S/C18H17N9O/c19-18-21-3-1-12(24-18)11-6-22-17-16(11)13(2-4-20-17)26-7-14-15(8-26)28-9-10-5-23-25-27(10)14/h1-6,14-15H,7-9H2,(H,20,22)(H2,19,21,24)/t14-,15-/m1/s1. The minimum Gasteiger partial charge on any atom is -0.368 e. The van der Waals surface area contributed by atoms with Crippen LogP contribution >= 0.6 is 0 Å². The highest BCUT2D eigenvalue weighted by Gasteiger charge is 2.40. The molecular weight excluding hydrogens is 358 g/mol. The lowest BCUT2D eigenvalue weighted by molar-refractivity contribution is -0.00253. The maximum Gasteiger partial charge on any atom is 0.220 e. The molecule has 6 heterocycles. The van der Waals surface area contributed by atoms with E-state index in [0.29, 0.717) is 6.61 Å². The molecule has 28 heavy (non-hydrogen) atoms. The highest BCUT2D eigenvalue weighted by molar-refractivity contribution is 6.02. The number of ether oxygens (including phenoxy) is 1. The van der Waals surface area contributed by atoms with Crippen LogP contribution in [-0.4, -0.2) is 54.1 Å². The van der Waals surface area contributed by atoms with E-state index in [1.807, 2.05) is 29.2 Å². The first-order chi connectivity index (χ1) is 13.8. The van der Waals surface area contributed by atoms with Crippen molar-refractivity contribution in [1.82, 2.24) is 34.9 Å². The van der Waals surface area contributed by atoms with Gasteiger partial charge in [-0.3, -0.25) is 0 Å². The normalized spacial score (nSPS) is 21.1. The minimum atomic E-state index is 0.0782. The molecule has 0 aliphatic carbocycles. The van der Waals surface area contributed by atoms with Gasteiger partial charge in [-0.05, 0) is 12.1 Å². The van der Waals surface area contributed by atoms with E-state index in [0.717, 1.165) is 46.8 Å². The summed E-state index contributed by atoms with van der Waals surface area (Å²) in [4.78, 5) is 18.4. The zero-order valence-corrected chi connectivity index (χ0v) is 14.9. The van der Waals surface area contributed by atoms with Gasteiger partial charge in [0.05, 0.1) is 47.4 Å². The number of nitrogens with two attached hydrogens (primary N) is 1. The molecule has 0 radical (unpaired) electrons. The lowest BCUT2D eigenvalue weighted by atomic mass is 10.1. The summed E-state index contributed by atoms with van der Waals surface area (Å²) < 4.78 is 8.06.